The number of aromatic carboxylic acids is 1. The second-order valence-electron chi connectivity index (χ2n) is 4.65. The number of hydrogen-bond acceptors (Lipinski definition) is 5. The van der Waals surface area contributed by atoms with Gasteiger partial charge in [0.1, 0.15) is 9.09 Å². The Hall–Kier alpha value is -0.960. The van der Waals surface area contributed by atoms with Gasteiger partial charge < -0.3 is 10.8 Å². The third-order valence-corrected chi connectivity index (χ3v) is 6.64. The van der Waals surface area contributed by atoms with Gasteiger partial charge >= 0.3 is 5.97 Å². The lowest BCUT2D eigenvalue weighted by atomic mass is 10.1. The number of carbonyl (C=O) groups is 1. The van der Waals surface area contributed by atoms with Crippen LogP contribution in [0.2, 0.25) is 0 Å². The average Bonchev–Trinajstić information content (AvgIpc) is 2.72. The minimum atomic E-state index is -3.62. The van der Waals surface area contributed by atoms with Crippen LogP contribution < -0.4 is 5.73 Å². The number of carboxylic acids is 1. The fourth-order valence-corrected chi connectivity index (χ4v) is 5.18. The SMILES string of the molecule is Cc1cc(S(=O)(=O)N2CCCC(N)C2)sc1C(=O)O. The maximum absolute atomic E-state index is 12.4. The first-order valence-electron chi connectivity index (χ1n) is 5.92. The molecule has 1 aromatic rings. The minimum Gasteiger partial charge on any atom is -0.477 e. The highest BCUT2D eigenvalue weighted by molar-refractivity contribution is 7.91. The highest BCUT2D eigenvalue weighted by Crippen LogP contribution is 2.29. The smallest absolute Gasteiger partial charge is 0.346 e. The Morgan fingerprint density at radius 2 is 2.26 bits per heavy atom. The predicted octanol–water partition coefficient (Wildman–Crippen LogP) is 0.867. The molecule has 0 bridgehead atoms. The first-order valence-corrected chi connectivity index (χ1v) is 8.17. The van der Waals surface area contributed by atoms with Gasteiger partial charge in [0, 0.05) is 19.1 Å². The number of sulfonamides is 1. The van der Waals surface area contributed by atoms with Crippen LogP contribution in [0.1, 0.15) is 28.1 Å². The average molecular weight is 304 g/mol. The molecule has 106 valence electrons. The first-order chi connectivity index (χ1) is 8.82. The van der Waals surface area contributed by atoms with Crippen LogP contribution in [0.15, 0.2) is 10.3 Å². The first kappa shape index (κ1) is 14.4. The van der Waals surface area contributed by atoms with E-state index in [1.54, 1.807) is 6.92 Å². The van der Waals surface area contributed by atoms with Gasteiger partial charge in [0.05, 0.1) is 0 Å². The summed E-state index contributed by atoms with van der Waals surface area (Å²) in [5.74, 6) is -1.10. The molecule has 19 heavy (non-hydrogen) atoms. The van der Waals surface area contributed by atoms with Crippen LogP contribution in [-0.4, -0.2) is 42.9 Å². The molecule has 0 amide bonds. The maximum atomic E-state index is 12.4. The van der Waals surface area contributed by atoms with E-state index in [9.17, 15) is 13.2 Å². The molecule has 3 N–H and O–H groups in total. The number of hydrogen-bond donors (Lipinski definition) is 2. The normalized spacial score (nSPS) is 21.5. The molecule has 1 unspecified atom stereocenters. The Labute approximate surface area is 115 Å². The monoisotopic (exact) mass is 304 g/mol. The molecule has 2 heterocycles. The van der Waals surface area contributed by atoms with Crippen LogP contribution in [0, 0.1) is 6.92 Å². The fraction of sp³-hybridized carbons (Fsp3) is 0.545. The summed E-state index contributed by atoms with van der Waals surface area (Å²) in [4.78, 5) is 11.0. The van der Waals surface area contributed by atoms with E-state index in [1.165, 1.54) is 10.4 Å². The molecule has 0 aromatic carbocycles. The van der Waals surface area contributed by atoms with Gasteiger partial charge in [-0.25, -0.2) is 13.2 Å². The van der Waals surface area contributed by atoms with Gasteiger partial charge in [-0.15, -0.1) is 11.3 Å². The summed E-state index contributed by atoms with van der Waals surface area (Å²) in [6, 6.07) is 1.27. The largest absolute Gasteiger partial charge is 0.477 e. The van der Waals surface area contributed by atoms with E-state index in [1.807, 2.05) is 0 Å². The number of thiophene rings is 1. The van der Waals surface area contributed by atoms with Crippen molar-refractivity contribution in [2.45, 2.75) is 30.0 Å². The Morgan fingerprint density at radius 1 is 1.58 bits per heavy atom. The molecule has 0 radical (unpaired) electrons. The summed E-state index contributed by atoms with van der Waals surface area (Å²) in [5.41, 5.74) is 6.26. The lowest BCUT2D eigenvalue weighted by Crippen LogP contribution is -2.45. The van der Waals surface area contributed by atoms with Crippen molar-refractivity contribution in [1.82, 2.24) is 4.31 Å². The highest BCUT2D eigenvalue weighted by atomic mass is 32.2. The van der Waals surface area contributed by atoms with Crippen molar-refractivity contribution in [2.75, 3.05) is 13.1 Å². The summed E-state index contributed by atoms with van der Waals surface area (Å²) in [5, 5.41) is 8.98. The molecule has 1 saturated heterocycles. The lowest BCUT2D eigenvalue weighted by Gasteiger charge is -2.29. The van der Waals surface area contributed by atoms with Crippen molar-refractivity contribution in [3.63, 3.8) is 0 Å². The molecule has 2 rings (SSSR count). The molecule has 0 aliphatic carbocycles. The van der Waals surface area contributed by atoms with E-state index >= 15 is 0 Å². The zero-order valence-corrected chi connectivity index (χ0v) is 12.1. The minimum absolute atomic E-state index is 0.0693. The van der Waals surface area contributed by atoms with Crippen LogP contribution in [0.4, 0.5) is 0 Å². The Morgan fingerprint density at radius 3 is 2.79 bits per heavy atom. The molecule has 0 saturated carbocycles. The van der Waals surface area contributed by atoms with E-state index in [0.29, 0.717) is 18.7 Å². The number of rotatable bonds is 3. The van der Waals surface area contributed by atoms with Gasteiger partial charge in [0.25, 0.3) is 10.0 Å². The Bertz CT molecular complexity index is 594. The van der Waals surface area contributed by atoms with E-state index in [2.05, 4.69) is 0 Å². The van der Waals surface area contributed by atoms with Crippen molar-refractivity contribution in [1.29, 1.82) is 0 Å². The van der Waals surface area contributed by atoms with E-state index in [0.717, 1.165) is 24.2 Å². The molecule has 1 aliphatic rings. The molecular weight excluding hydrogens is 288 g/mol. The number of nitrogens with two attached hydrogens (primary N) is 1. The summed E-state index contributed by atoms with van der Waals surface area (Å²) in [6.45, 7) is 2.33. The molecule has 1 aliphatic heterocycles. The van der Waals surface area contributed by atoms with Gasteiger partial charge in [-0.1, -0.05) is 0 Å². The fourth-order valence-electron chi connectivity index (χ4n) is 2.11. The van der Waals surface area contributed by atoms with E-state index < -0.39 is 16.0 Å². The zero-order valence-electron chi connectivity index (χ0n) is 10.5. The lowest BCUT2D eigenvalue weighted by molar-refractivity contribution is 0.0701. The zero-order chi connectivity index (χ0) is 14.2. The molecule has 1 atom stereocenters. The molecule has 8 heteroatoms. The third kappa shape index (κ3) is 2.81. The highest BCUT2D eigenvalue weighted by Gasteiger charge is 2.31. The van der Waals surface area contributed by atoms with Gasteiger partial charge in [-0.05, 0) is 31.4 Å². The van der Waals surface area contributed by atoms with Gasteiger partial charge in [0.15, 0.2) is 0 Å². The van der Waals surface area contributed by atoms with Gasteiger partial charge in [0.2, 0.25) is 0 Å². The van der Waals surface area contributed by atoms with Crippen LogP contribution in [-0.2, 0) is 10.0 Å². The Balaban J connectivity index is 2.34. The van der Waals surface area contributed by atoms with Crippen LogP contribution in [0.3, 0.4) is 0 Å². The van der Waals surface area contributed by atoms with Crippen molar-refractivity contribution in [2.24, 2.45) is 5.73 Å². The molecule has 1 fully saturated rings. The number of piperidine rings is 1. The molecule has 0 spiro atoms. The van der Waals surface area contributed by atoms with Gasteiger partial charge in [-0.2, -0.15) is 4.31 Å². The molecule has 1 aromatic heterocycles. The van der Waals surface area contributed by atoms with Crippen LogP contribution in [0.25, 0.3) is 0 Å². The van der Waals surface area contributed by atoms with Crippen LogP contribution in [0.5, 0.6) is 0 Å². The number of carboxylic acid groups (broad SMARTS) is 1. The molecular formula is C11H16N2O4S2. The van der Waals surface area contributed by atoms with Crippen LogP contribution >= 0.6 is 11.3 Å². The van der Waals surface area contributed by atoms with E-state index in [-0.39, 0.29) is 15.1 Å². The summed E-state index contributed by atoms with van der Waals surface area (Å²) < 4.78 is 26.2. The second-order valence-corrected chi connectivity index (χ2v) is 7.87. The second kappa shape index (κ2) is 5.20. The Kier molecular flexibility index (Phi) is 3.95. The number of nitrogens with zero attached hydrogens (tertiary/aromatic N) is 1. The third-order valence-electron chi connectivity index (χ3n) is 3.10. The van der Waals surface area contributed by atoms with Crippen molar-refractivity contribution >= 4 is 27.3 Å². The topological polar surface area (TPSA) is 101 Å². The maximum Gasteiger partial charge on any atom is 0.346 e. The summed E-state index contributed by atoms with van der Waals surface area (Å²) in [7, 11) is -3.62. The van der Waals surface area contributed by atoms with Crippen molar-refractivity contribution in [3.05, 3.63) is 16.5 Å². The van der Waals surface area contributed by atoms with Crippen molar-refractivity contribution < 1.29 is 18.3 Å². The predicted molar refractivity (Wildman–Crippen MR) is 72.0 cm³/mol. The quantitative estimate of drug-likeness (QED) is 0.863. The van der Waals surface area contributed by atoms with Gasteiger partial charge in [-0.3, -0.25) is 0 Å². The van der Waals surface area contributed by atoms with E-state index in [4.69, 9.17) is 10.8 Å². The standard InChI is InChI=1S/C11H16N2O4S2/c1-7-5-9(18-10(7)11(14)15)19(16,17)13-4-2-3-8(12)6-13/h5,8H,2-4,6,12H2,1H3,(H,14,15). The molecule has 6 nitrogen and oxygen atoms in total. The summed E-state index contributed by atoms with van der Waals surface area (Å²) >= 11 is 0.799. The number of aryl methyl sites for hydroxylation is 1. The van der Waals surface area contributed by atoms with Crippen molar-refractivity contribution in [3.8, 4) is 0 Å². The summed E-state index contributed by atoms with van der Waals surface area (Å²) in [6.07, 6.45) is 1.55.